The lowest BCUT2D eigenvalue weighted by Crippen LogP contribution is -2.58. The summed E-state index contributed by atoms with van der Waals surface area (Å²) in [5.74, 6) is -0.671. The Kier molecular flexibility index (Phi) is 7.26. The fourth-order valence-corrected chi connectivity index (χ4v) is 6.19. The van der Waals surface area contributed by atoms with E-state index in [1.54, 1.807) is 6.20 Å². The Balaban J connectivity index is 1.42. The smallest absolute Gasteiger partial charge is 0.271 e. The summed E-state index contributed by atoms with van der Waals surface area (Å²) in [5, 5.41) is 17.6. The van der Waals surface area contributed by atoms with Crippen LogP contribution in [0.25, 0.3) is 0 Å². The molecule has 8 heteroatoms. The molecular formula is C26H35N5O3. The molecule has 0 saturated heterocycles. The van der Waals surface area contributed by atoms with Crippen LogP contribution < -0.4 is 10.6 Å². The van der Waals surface area contributed by atoms with E-state index in [1.807, 2.05) is 25.1 Å². The van der Waals surface area contributed by atoms with Crippen LogP contribution >= 0.6 is 0 Å². The zero-order valence-electron chi connectivity index (χ0n) is 20.1. The summed E-state index contributed by atoms with van der Waals surface area (Å²) >= 11 is 0. The minimum absolute atomic E-state index is 0.00167. The number of hydrogen-bond acceptors (Lipinski definition) is 6. The van der Waals surface area contributed by atoms with Crippen LogP contribution in [0.2, 0.25) is 0 Å². The second-order valence-electron chi connectivity index (χ2n) is 10.3. The lowest BCUT2D eigenvalue weighted by Gasteiger charge is -2.56. The van der Waals surface area contributed by atoms with Gasteiger partial charge < -0.3 is 15.7 Å². The standard InChI is InChI=1S/C26H35N5O3/c1-16(24(33)30-14-18-6-4-5-11-28-18)19-7-9-26(3)10-8-20(17(2)22(26)23(19)32)31-25(34)21-15-27-12-13-29-21/h4-6,11-13,15-17,19-20,22-23,32H,7-10,14H2,1-3H3,(H,30,33)(H,31,34)/t16-,17+,19-,20-,22+,23-,26-/m0/s1. The van der Waals surface area contributed by atoms with E-state index in [-0.39, 0.29) is 46.9 Å². The molecule has 8 nitrogen and oxygen atoms in total. The first-order valence-corrected chi connectivity index (χ1v) is 12.2. The molecule has 0 radical (unpaired) electrons. The highest BCUT2D eigenvalue weighted by Gasteiger charge is 2.53. The average molecular weight is 466 g/mol. The van der Waals surface area contributed by atoms with E-state index in [0.717, 1.165) is 31.4 Å². The maximum atomic E-state index is 12.9. The molecule has 2 aliphatic rings. The molecule has 3 N–H and O–H groups in total. The molecule has 2 saturated carbocycles. The summed E-state index contributed by atoms with van der Waals surface area (Å²) in [6.45, 7) is 6.65. The van der Waals surface area contributed by atoms with Gasteiger partial charge in [-0.2, -0.15) is 0 Å². The Morgan fingerprint density at radius 2 is 1.97 bits per heavy atom. The first-order chi connectivity index (χ1) is 16.3. The first kappa shape index (κ1) is 24.3. The van der Waals surface area contributed by atoms with E-state index < -0.39 is 6.10 Å². The number of carbonyl (C=O) groups excluding carboxylic acids is 2. The monoisotopic (exact) mass is 465 g/mol. The van der Waals surface area contributed by atoms with Gasteiger partial charge in [-0.3, -0.25) is 19.6 Å². The van der Waals surface area contributed by atoms with Crippen molar-refractivity contribution < 1.29 is 14.7 Å². The Hall–Kier alpha value is -2.87. The predicted octanol–water partition coefficient (Wildman–Crippen LogP) is 2.75. The Labute approximate surface area is 201 Å². The van der Waals surface area contributed by atoms with Crippen LogP contribution in [0.15, 0.2) is 43.0 Å². The Morgan fingerprint density at radius 3 is 2.68 bits per heavy atom. The van der Waals surface area contributed by atoms with Crippen LogP contribution in [0.5, 0.6) is 0 Å². The number of amides is 2. The fourth-order valence-electron chi connectivity index (χ4n) is 6.19. The second kappa shape index (κ2) is 10.2. The lowest BCUT2D eigenvalue weighted by atomic mass is 9.51. The molecule has 0 unspecified atom stereocenters. The van der Waals surface area contributed by atoms with E-state index in [0.29, 0.717) is 12.2 Å². The fraction of sp³-hybridized carbons (Fsp3) is 0.577. The van der Waals surface area contributed by atoms with Gasteiger partial charge in [-0.1, -0.05) is 26.8 Å². The molecule has 0 bridgehead atoms. The van der Waals surface area contributed by atoms with E-state index in [2.05, 4.69) is 39.4 Å². The minimum atomic E-state index is -0.611. The molecule has 182 valence electrons. The van der Waals surface area contributed by atoms with Crippen LogP contribution in [-0.4, -0.2) is 44.0 Å². The topological polar surface area (TPSA) is 117 Å². The number of pyridine rings is 1. The van der Waals surface area contributed by atoms with Gasteiger partial charge in [0.2, 0.25) is 5.91 Å². The van der Waals surface area contributed by atoms with Crippen LogP contribution in [0, 0.1) is 29.1 Å². The van der Waals surface area contributed by atoms with E-state index >= 15 is 0 Å². The number of carbonyl (C=O) groups is 2. The number of aliphatic hydroxyl groups excluding tert-OH is 1. The van der Waals surface area contributed by atoms with Gasteiger partial charge in [-0.25, -0.2) is 4.98 Å². The number of nitrogens with one attached hydrogen (secondary N) is 2. The third-order valence-corrected chi connectivity index (χ3v) is 8.23. The van der Waals surface area contributed by atoms with Gasteiger partial charge in [0.15, 0.2) is 0 Å². The summed E-state index contributed by atoms with van der Waals surface area (Å²) in [6, 6.07) is 5.56. The van der Waals surface area contributed by atoms with Gasteiger partial charge in [-0.15, -0.1) is 0 Å². The highest BCUT2D eigenvalue weighted by Crippen LogP contribution is 2.55. The maximum absolute atomic E-state index is 12.9. The molecule has 0 aromatic carbocycles. The van der Waals surface area contributed by atoms with Crippen LogP contribution in [0.4, 0.5) is 0 Å². The quantitative estimate of drug-likeness (QED) is 0.604. The molecule has 2 aromatic rings. The van der Waals surface area contributed by atoms with E-state index in [1.165, 1.54) is 18.6 Å². The zero-order valence-corrected chi connectivity index (χ0v) is 20.1. The maximum Gasteiger partial charge on any atom is 0.271 e. The summed E-state index contributed by atoms with van der Waals surface area (Å²) in [4.78, 5) is 38.0. The largest absolute Gasteiger partial charge is 0.392 e. The highest BCUT2D eigenvalue weighted by molar-refractivity contribution is 5.92. The van der Waals surface area contributed by atoms with E-state index in [9.17, 15) is 14.7 Å². The van der Waals surface area contributed by atoms with Crippen molar-refractivity contribution >= 4 is 11.8 Å². The molecule has 0 spiro atoms. The highest BCUT2D eigenvalue weighted by atomic mass is 16.3. The number of aliphatic hydroxyl groups is 1. The Bertz CT molecular complexity index is 988. The van der Waals surface area contributed by atoms with Crippen LogP contribution in [0.3, 0.4) is 0 Å². The molecule has 2 heterocycles. The van der Waals surface area contributed by atoms with Gasteiger partial charge in [0.25, 0.3) is 5.91 Å². The van der Waals surface area contributed by atoms with Crippen molar-refractivity contribution in [3.05, 3.63) is 54.4 Å². The summed E-state index contributed by atoms with van der Waals surface area (Å²) in [7, 11) is 0. The first-order valence-electron chi connectivity index (χ1n) is 12.2. The lowest BCUT2D eigenvalue weighted by molar-refractivity contribution is -0.142. The molecule has 7 atom stereocenters. The molecule has 2 aromatic heterocycles. The minimum Gasteiger partial charge on any atom is -0.392 e. The Morgan fingerprint density at radius 1 is 1.18 bits per heavy atom. The zero-order chi connectivity index (χ0) is 24.3. The van der Waals surface area contributed by atoms with Gasteiger partial charge in [0.1, 0.15) is 5.69 Å². The number of fused-ring (bicyclic) bond motifs is 1. The van der Waals surface area contributed by atoms with E-state index in [4.69, 9.17) is 0 Å². The predicted molar refractivity (Wildman–Crippen MR) is 127 cm³/mol. The summed E-state index contributed by atoms with van der Waals surface area (Å²) < 4.78 is 0. The van der Waals surface area contributed by atoms with Gasteiger partial charge in [0, 0.05) is 30.6 Å². The molecule has 2 fully saturated rings. The van der Waals surface area contributed by atoms with Gasteiger partial charge >= 0.3 is 0 Å². The van der Waals surface area contributed by atoms with Crippen molar-refractivity contribution in [3.63, 3.8) is 0 Å². The molecule has 0 aliphatic heterocycles. The summed E-state index contributed by atoms with van der Waals surface area (Å²) in [5.41, 5.74) is 1.10. The SMILES string of the molecule is C[C@H]1[C@@H]2[C@@H](O)[C@H]([C@H](C)C(=O)NCc3ccccn3)CC[C@@]2(C)CC[C@@H]1NC(=O)c1cnccn1. The average Bonchev–Trinajstić information content (AvgIpc) is 2.85. The third-order valence-electron chi connectivity index (χ3n) is 8.23. The van der Waals surface area contributed by atoms with Crippen molar-refractivity contribution in [2.24, 2.45) is 29.1 Å². The second-order valence-corrected chi connectivity index (χ2v) is 10.3. The van der Waals surface area contributed by atoms with Gasteiger partial charge in [-0.05, 0) is 61.0 Å². The molecule has 4 rings (SSSR count). The number of rotatable bonds is 6. The molecule has 34 heavy (non-hydrogen) atoms. The normalized spacial score (nSPS) is 31.7. The van der Waals surface area contributed by atoms with Crippen molar-refractivity contribution in [1.29, 1.82) is 0 Å². The number of aromatic nitrogens is 3. The van der Waals surface area contributed by atoms with Crippen molar-refractivity contribution in [1.82, 2.24) is 25.6 Å². The molecule has 2 amide bonds. The number of nitrogens with zero attached hydrogens (tertiary/aromatic N) is 3. The number of hydrogen-bond donors (Lipinski definition) is 3. The molecular weight excluding hydrogens is 430 g/mol. The van der Waals surface area contributed by atoms with Crippen molar-refractivity contribution in [2.75, 3.05) is 0 Å². The van der Waals surface area contributed by atoms with Crippen LogP contribution in [-0.2, 0) is 11.3 Å². The van der Waals surface area contributed by atoms with Gasteiger partial charge in [0.05, 0.1) is 24.5 Å². The molecule has 2 aliphatic carbocycles. The summed E-state index contributed by atoms with van der Waals surface area (Å²) in [6.07, 6.45) is 9.17. The van der Waals surface area contributed by atoms with Crippen molar-refractivity contribution in [2.45, 2.75) is 65.1 Å². The third kappa shape index (κ3) is 4.97. The van der Waals surface area contributed by atoms with Crippen molar-refractivity contribution in [3.8, 4) is 0 Å². The van der Waals surface area contributed by atoms with Crippen LogP contribution in [0.1, 0.15) is 62.6 Å².